The Bertz CT molecular complexity index is 1910. The van der Waals surface area contributed by atoms with Gasteiger partial charge >= 0.3 is 0 Å². The molecule has 0 aromatic heterocycles. The highest BCUT2D eigenvalue weighted by atomic mass is 32.2. The zero-order valence-corrected chi connectivity index (χ0v) is 29.4. The van der Waals surface area contributed by atoms with Gasteiger partial charge in [0.25, 0.3) is 10.1 Å². The molecule has 0 bridgehead atoms. The average Bonchev–Trinajstić information content (AvgIpc) is 3.13. The van der Waals surface area contributed by atoms with Crippen LogP contribution in [0.1, 0.15) is 54.4 Å². The maximum absolute atomic E-state index is 12.6. The molecule has 6 rings (SSSR count). The van der Waals surface area contributed by atoms with E-state index in [0.29, 0.717) is 18.6 Å². The van der Waals surface area contributed by atoms with E-state index in [-0.39, 0.29) is 10.6 Å². The Labute approximate surface area is 290 Å². The molecule has 0 unspecified atom stereocenters. The van der Waals surface area contributed by atoms with E-state index in [0.717, 1.165) is 70.9 Å². The number of piperidine rings is 1. The number of fused-ring (bicyclic) bond motifs is 1. The second kappa shape index (κ2) is 15.5. The second-order valence-electron chi connectivity index (χ2n) is 12.6. The standard InChI is InChI=1S/C40H45NO7S/c1-45-33-10-7-9-29(25-33)35-18-13-30-26-34(46-2)17-19-36(30)37(35)27-31-14-20-38(49(42,43)44)40(47-3)39(31)28-11-15-32(16-12-28)48-24-8-23-41-21-5-4-6-22-41/h7,9-12,14-17,19-20,25-26H,4-6,8,13,18,21-24,27H2,1-3H3,(H,42,43,44). The first-order valence-corrected chi connectivity index (χ1v) is 18.4. The van der Waals surface area contributed by atoms with Gasteiger partial charge in [-0.3, -0.25) is 4.55 Å². The van der Waals surface area contributed by atoms with Crippen LogP contribution in [0.2, 0.25) is 0 Å². The van der Waals surface area contributed by atoms with Crippen LogP contribution in [0.25, 0.3) is 22.3 Å². The summed E-state index contributed by atoms with van der Waals surface area (Å²) in [7, 11) is 0.197. The van der Waals surface area contributed by atoms with Gasteiger partial charge in [0, 0.05) is 12.1 Å². The van der Waals surface area contributed by atoms with E-state index in [2.05, 4.69) is 29.2 Å². The molecule has 0 saturated carbocycles. The molecule has 1 aliphatic heterocycles. The maximum Gasteiger partial charge on any atom is 0.298 e. The SMILES string of the molecule is COc1cccc(C2=C(Cc3ccc(S(=O)(=O)O)c(OC)c3-c3ccc(OCCCN4CCCCC4)cc3)c3ccc(OC)cc3CC2)c1. The van der Waals surface area contributed by atoms with Crippen molar-refractivity contribution in [1.29, 1.82) is 0 Å². The zero-order chi connectivity index (χ0) is 34.4. The number of aryl methyl sites for hydroxylation is 1. The fraction of sp³-hybridized carbons (Fsp3) is 0.350. The fourth-order valence-electron chi connectivity index (χ4n) is 7.15. The number of hydrogen-bond donors (Lipinski definition) is 1. The Morgan fingerprint density at radius 2 is 1.49 bits per heavy atom. The molecule has 0 radical (unpaired) electrons. The molecule has 1 heterocycles. The molecule has 4 aromatic carbocycles. The van der Waals surface area contributed by atoms with E-state index in [4.69, 9.17) is 18.9 Å². The average molecular weight is 684 g/mol. The third kappa shape index (κ3) is 7.96. The highest BCUT2D eigenvalue weighted by Crippen LogP contribution is 2.45. The molecule has 1 N–H and O–H groups in total. The van der Waals surface area contributed by atoms with Crippen molar-refractivity contribution < 1.29 is 31.9 Å². The second-order valence-corrected chi connectivity index (χ2v) is 14.0. The van der Waals surface area contributed by atoms with Crippen LogP contribution in [0.3, 0.4) is 0 Å². The number of methoxy groups -OCH3 is 3. The molecule has 0 spiro atoms. The lowest BCUT2D eigenvalue weighted by molar-refractivity contribution is 0.205. The van der Waals surface area contributed by atoms with Gasteiger partial charge in [0.15, 0.2) is 0 Å². The Morgan fingerprint density at radius 3 is 2.20 bits per heavy atom. The van der Waals surface area contributed by atoms with Gasteiger partial charge in [0.05, 0.1) is 27.9 Å². The van der Waals surface area contributed by atoms with Crippen LogP contribution in [0.5, 0.6) is 23.0 Å². The third-order valence-electron chi connectivity index (χ3n) is 9.60. The summed E-state index contributed by atoms with van der Waals surface area (Å²) in [5.74, 6) is 2.42. The minimum absolute atomic E-state index is 0.101. The Hall–Kier alpha value is -4.31. The smallest absolute Gasteiger partial charge is 0.298 e. The number of nitrogens with zero attached hydrogens (tertiary/aromatic N) is 1. The first kappa shape index (κ1) is 34.5. The van der Waals surface area contributed by atoms with E-state index >= 15 is 0 Å². The predicted octanol–water partition coefficient (Wildman–Crippen LogP) is 7.98. The lowest BCUT2D eigenvalue weighted by Gasteiger charge is -2.26. The van der Waals surface area contributed by atoms with Crippen molar-refractivity contribution in [3.05, 3.63) is 101 Å². The van der Waals surface area contributed by atoms with Crippen molar-refractivity contribution in [1.82, 2.24) is 4.90 Å². The zero-order valence-electron chi connectivity index (χ0n) is 28.5. The number of benzene rings is 4. The highest BCUT2D eigenvalue weighted by Gasteiger charge is 2.27. The van der Waals surface area contributed by atoms with Crippen molar-refractivity contribution in [3.63, 3.8) is 0 Å². The van der Waals surface area contributed by atoms with E-state index in [9.17, 15) is 13.0 Å². The first-order valence-electron chi connectivity index (χ1n) is 17.0. The molecule has 0 amide bonds. The van der Waals surface area contributed by atoms with Gasteiger partial charge in [-0.1, -0.05) is 42.8 Å². The van der Waals surface area contributed by atoms with Crippen molar-refractivity contribution in [3.8, 4) is 34.1 Å². The third-order valence-corrected chi connectivity index (χ3v) is 10.5. The van der Waals surface area contributed by atoms with Crippen LogP contribution in [0, 0.1) is 0 Å². The summed E-state index contributed by atoms with van der Waals surface area (Å²) in [6, 6.07) is 25.1. The number of rotatable bonds is 13. The van der Waals surface area contributed by atoms with Gasteiger partial charge in [0.1, 0.15) is 27.9 Å². The van der Waals surface area contributed by atoms with E-state index < -0.39 is 10.1 Å². The quantitative estimate of drug-likeness (QED) is 0.112. The molecule has 1 saturated heterocycles. The molecule has 49 heavy (non-hydrogen) atoms. The van der Waals surface area contributed by atoms with Gasteiger partial charge in [-0.2, -0.15) is 8.42 Å². The maximum atomic E-state index is 12.6. The lowest BCUT2D eigenvalue weighted by Crippen LogP contribution is -2.31. The Kier molecular flexibility index (Phi) is 10.9. The van der Waals surface area contributed by atoms with Crippen molar-refractivity contribution in [2.24, 2.45) is 0 Å². The molecule has 258 valence electrons. The molecule has 0 atom stereocenters. The van der Waals surface area contributed by atoms with Gasteiger partial charge < -0.3 is 23.8 Å². The molecule has 8 nitrogen and oxygen atoms in total. The summed E-state index contributed by atoms with van der Waals surface area (Å²) in [4.78, 5) is 2.23. The highest BCUT2D eigenvalue weighted by molar-refractivity contribution is 7.86. The minimum Gasteiger partial charge on any atom is -0.497 e. The summed E-state index contributed by atoms with van der Waals surface area (Å²) in [6.45, 7) is 3.98. The van der Waals surface area contributed by atoms with Gasteiger partial charge in [-0.15, -0.1) is 0 Å². The molecule has 9 heteroatoms. The van der Waals surface area contributed by atoms with Crippen LogP contribution in [0.4, 0.5) is 0 Å². The molecular formula is C40H45NO7S. The van der Waals surface area contributed by atoms with Gasteiger partial charge in [-0.05, 0) is 133 Å². The minimum atomic E-state index is -4.57. The molecule has 4 aromatic rings. The van der Waals surface area contributed by atoms with Gasteiger partial charge in [-0.25, -0.2) is 0 Å². The van der Waals surface area contributed by atoms with Crippen LogP contribution in [-0.2, 0) is 23.0 Å². The monoisotopic (exact) mass is 683 g/mol. The number of hydrogen-bond acceptors (Lipinski definition) is 7. The summed E-state index contributed by atoms with van der Waals surface area (Å²) in [5, 5.41) is 0. The van der Waals surface area contributed by atoms with Crippen molar-refractivity contribution in [2.45, 2.75) is 49.8 Å². The lowest BCUT2D eigenvalue weighted by atomic mass is 9.79. The van der Waals surface area contributed by atoms with E-state index in [1.165, 1.54) is 56.7 Å². The van der Waals surface area contributed by atoms with Crippen molar-refractivity contribution in [2.75, 3.05) is 47.6 Å². The molecule has 2 aliphatic rings. The number of ether oxygens (including phenoxy) is 4. The normalized spacial score (nSPS) is 15.1. The predicted molar refractivity (Wildman–Crippen MR) is 193 cm³/mol. The van der Waals surface area contributed by atoms with E-state index in [1.54, 1.807) is 20.3 Å². The van der Waals surface area contributed by atoms with Crippen LogP contribution in [-0.4, -0.2) is 65.4 Å². The molecular weight excluding hydrogens is 639 g/mol. The van der Waals surface area contributed by atoms with Gasteiger partial charge in [0.2, 0.25) is 0 Å². The number of allylic oxidation sites excluding steroid dienone is 2. The summed E-state index contributed by atoms with van der Waals surface area (Å²) >= 11 is 0. The largest absolute Gasteiger partial charge is 0.497 e. The van der Waals surface area contributed by atoms with E-state index in [1.807, 2.05) is 42.5 Å². The fourth-order valence-corrected chi connectivity index (χ4v) is 7.81. The summed E-state index contributed by atoms with van der Waals surface area (Å²) in [5.41, 5.74) is 7.90. The summed E-state index contributed by atoms with van der Waals surface area (Å²) < 4.78 is 58.3. The number of likely N-dealkylation sites (tertiary alicyclic amines) is 1. The molecule has 1 fully saturated rings. The van der Waals surface area contributed by atoms with Crippen LogP contribution in [0.15, 0.2) is 83.8 Å². The topological polar surface area (TPSA) is 94.5 Å². The Balaban J connectivity index is 1.39. The first-order chi connectivity index (χ1) is 23.8. The molecule has 1 aliphatic carbocycles. The summed E-state index contributed by atoms with van der Waals surface area (Å²) in [6.07, 6.45) is 6.96. The van der Waals surface area contributed by atoms with Crippen molar-refractivity contribution >= 4 is 21.3 Å². The Morgan fingerprint density at radius 1 is 0.755 bits per heavy atom. The van der Waals surface area contributed by atoms with Crippen LogP contribution >= 0.6 is 0 Å². The van der Waals surface area contributed by atoms with Crippen LogP contribution < -0.4 is 18.9 Å².